The number of aromatic nitrogens is 4. The lowest BCUT2D eigenvalue weighted by Gasteiger charge is -2.24. The Labute approximate surface area is 119 Å². The van der Waals surface area contributed by atoms with E-state index in [4.69, 9.17) is 0 Å². The lowest BCUT2D eigenvalue weighted by molar-refractivity contribution is -0.148. The smallest absolute Gasteiger partial charge is 0.310 e. The van der Waals surface area contributed by atoms with Crippen LogP contribution in [0.15, 0.2) is 0 Å². The van der Waals surface area contributed by atoms with Crippen LogP contribution in [-0.2, 0) is 17.9 Å². The summed E-state index contributed by atoms with van der Waals surface area (Å²) in [7, 11) is 0. The van der Waals surface area contributed by atoms with Gasteiger partial charge in [-0.05, 0) is 36.2 Å². The van der Waals surface area contributed by atoms with Crippen LogP contribution in [-0.4, -0.2) is 49.3 Å². The molecule has 0 spiro atoms. The number of hydrogen-bond donors (Lipinski definition) is 1. The van der Waals surface area contributed by atoms with Crippen LogP contribution < -0.4 is 0 Å². The van der Waals surface area contributed by atoms with E-state index >= 15 is 0 Å². The quantitative estimate of drug-likeness (QED) is 0.807. The van der Waals surface area contributed by atoms with Gasteiger partial charge in [0.15, 0.2) is 5.82 Å². The lowest BCUT2D eigenvalue weighted by Crippen LogP contribution is -2.34. The van der Waals surface area contributed by atoms with Crippen LogP contribution in [0.2, 0.25) is 0 Å². The van der Waals surface area contributed by atoms with Crippen LogP contribution in [0.25, 0.3) is 0 Å². The average molecular weight is 281 g/mol. The molecule has 1 aliphatic heterocycles. The molecule has 1 N–H and O–H groups in total. The van der Waals surface area contributed by atoms with E-state index in [9.17, 15) is 9.90 Å². The molecule has 0 radical (unpaired) electrons. The molecule has 20 heavy (non-hydrogen) atoms. The summed E-state index contributed by atoms with van der Waals surface area (Å²) >= 11 is 0. The van der Waals surface area contributed by atoms with Gasteiger partial charge in [-0.15, -0.1) is 5.10 Å². The predicted molar refractivity (Wildman–Crippen MR) is 73.0 cm³/mol. The third kappa shape index (κ3) is 2.98. The topological polar surface area (TPSA) is 84.1 Å². The number of nitrogens with zero attached hydrogens (tertiary/aromatic N) is 5. The summed E-state index contributed by atoms with van der Waals surface area (Å²) in [5.74, 6) is 0.152. The van der Waals surface area contributed by atoms with Crippen molar-refractivity contribution in [1.82, 2.24) is 25.1 Å². The summed E-state index contributed by atoms with van der Waals surface area (Å²) in [5, 5.41) is 21.2. The van der Waals surface area contributed by atoms with Crippen molar-refractivity contribution in [2.45, 2.75) is 52.6 Å². The van der Waals surface area contributed by atoms with Crippen molar-refractivity contribution < 1.29 is 9.90 Å². The standard InChI is InChI=1S/C13H23N5O2/c1-3-5-13(12(19)20)6-8-17(10-13)9-11-14-15-16-18(11)7-4-2/h3-10H2,1-2H3,(H,19,20). The van der Waals surface area contributed by atoms with Crippen LogP contribution in [0, 0.1) is 5.41 Å². The van der Waals surface area contributed by atoms with Crippen molar-refractivity contribution in [2.24, 2.45) is 5.41 Å². The number of aryl methyl sites for hydroxylation is 1. The van der Waals surface area contributed by atoms with Gasteiger partial charge < -0.3 is 5.11 Å². The molecule has 1 aliphatic rings. The fraction of sp³-hybridized carbons (Fsp3) is 0.846. The van der Waals surface area contributed by atoms with E-state index in [2.05, 4.69) is 27.3 Å². The van der Waals surface area contributed by atoms with E-state index in [1.807, 2.05) is 6.92 Å². The van der Waals surface area contributed by atoms with Gasteiger partial charge in [0.25, 0.3) is 0 Å². The molecule has 0 saturated carbocycles. The summed E-state index contributed by atoms with van der Waals surface area (Å²) in [6.07, 6.45) is 3.32. The molecule has 1 aromatic heterocycles. The van der Waals surface area contributed by atoms with Crippen LogP contribution in [0.1, 0.15) is 45.4 Å². The van der Waals surface area contributed by atoms with Crippen LogP contribution in [0.3, 0.4) is 0 Å². The molecule has 1 fully saturated rings. The molecular weight excluding hydrogens is 258 g/mol. The number of likely N-dealkylation sites (tertiary alicyclic amines) is 1. The number of carbonyl (C=O) groups is 1. The first-order valence-corrected chi connectivity index (χ1v) is 7.32. The molecule has 0 aromatic carbocycles. The highest BCUT2D eigenvalue weighted by molar-refractivity contribution is 5.75. The van der Waals surface area contributed by atoms with Crippen molar-refractivity contribution in [1.29, 1.82) is 0 Å². The number of tetrazole rings is 1. The number of carboxylic acids is 1. The highest BCUT2D eigenvalue weighted by Crippen LogP contribution is 2.36. The molecular formula is C13H23N5O2. The molecule has 2 rings (SSSR count). The Morgan fingerprint density at radius 3 is 2.85 bits per heavy atom. The molecule has 112 valence electrons. The third-order valence-electron chi connectivity index (χ3n) is 4.02. The summed E-state index contributed by atoms with van der Waals surface area (Å²) in [4.78, 5) is 13.7. The zero-order valence-corrected chi connectivity index (χ0v) is 12.2. The number of aliphatic carboxylic acids is 1. The van der Waals surface area contributed by atoms with Crippen molar-refractivity contribution in [2.75, 3.05) is 13.1 Å². The Kier molecular flexibility index (Phi) is 4.69. The lowest BCUT2D eigenvalue weighted by atomic mass is 9.83. The molecule has 2 heterocycles. The normalized spacial score (nSPS) is 23.3. The van der Waals surface area contributed by atoms with Crippen LogP contribution in [0.4, 0.5) is 0 Å². The van der Waals surface area contributed by atoms with Crippen LogP contribution >= 0.6 is 0 Å². The van der Waals surface area contributed by atoms with E-state index in [1.165, 1.54) is 0 Å². The van der Waals surface area contributed by atoms with Gasteiger partial charge in [0.1, 0.15) is 0 Å². The molecule has 0 bridgehead atoms. The van der Waals surface area contributed by atoms with E-state index in [0.29, 0.717) is 19.5 Å². The van der Waals surface area contributed by atoms with E-state index in [-0.39, 0.29) is 0 Å². The van der Waals surface area contributed by atoms with Gasteiger partial charge in [0, 0.05) is 13.1 Å². The Morgan fingerprint density at radius 1 is 1.40 bits per heavy atom. The molecule has 7 nitrogen and oxygen atoms in total. The largest absolute Gasteiger partial charge is 0.481 e. The maximum absolute atomic E-state index is 11.6. The SMILES string of the molecule is CCCn1nnnc1CN1CCC(CCC)(C(=O)O)C1. The van der Waals surface area contributed by atoms with Gasteiger partial charge in [-0.1, -0.05) is 20.3 Å². The zero-order valence-electron chi connectivity index (χ0n) is 12.2. The average Bonchev–Trinajstić information content (AvgIpc) is 3.00. The third-order valence-corrected chi connectivity index (χ3v) is 4.02. The van der Waals surface area contributed by atoms with Crippen molar-refractivity contribution in [3.8, 4) is 0 Å². The molecule has 0 amide bonds. The fourth-order valence-corrected chi connectivity index (χ4v) is 2.98. The first kappa shape index (κ1) is 14.9. The van der Waals surface area contributed by atoms with Gasteiger partial charge in [-0.3, -0.25) is 9.69 Å². The second kappa shape index (κ2) is 6.30. The first-order chi connectivity index (χ1) is 9.61. The summed E-state index contributed by atoms with van der Waals surface area (Å²) < 4.78 is 1.81. The van der Waals surface area contributed by atoms with Crippen molar-refractivity contribution >= 4 is 5.97 Å². The molecule has 0 aliphatic carbocycles. The fourth-order valence-electron chi connectivity index (χ4n) is 2.98. The second-order valence-corrected chi connectivity index (χ2v) is 5.61. The monoisotopic (exact) mass is 281 g/mol. The minimum atomic E-state index is -0.671. The van der Waals surface area contributed by atoms with Crippen molar-refractivity contribution in [3.63, 3.8) is 0 Å². The molecule has 1 aromatic rings. The summed E-state index contributed by atoms with van der Waals surface area (Å²) in [6, 6.07) is 0. The van der Waals surface area contributed by atoms with Crippen LogP contribution in [0.5, 0.6) is 0 Å². The van der Waals surface area contributed by atoms with Gasteiger partial charge in [-0.25, -0.2) is 4.68 Å². The molecule has 1 unspecified atom stereocenters. The highest BCUT2D eigenvalue weighted by atomic mass is 16.4. The first-order valence-electron chi connectivity index (χ1n) is 7.32. The molecule has 7 heteroatoms. The summed E-state index contributed by atoms with van der Waals surface area (Å²) in [5.41, 5.74) is -0.586. The Balaban J connectivity index is 2.02. The predicted octanol–water partition coefficient (Wildman–Crippen LogP) is 1.16. The Bertz CT molecular complexity index is 461. The van der Waals surface area contributed by atoms with Gasteiger partial charge >= 0.3 is 5.97 Å². The maximum Gasteiger partial charge on any atom is 0.310 e. The maximum atomic E-state index is 11.6. The zero-order chi connectivity index (χ0) is 14.6. The Hall–Kier alpha value is -1.50. The van der Waals surface area contributed by atoms with E-state index in [0.717, 1.165) is 38.2 Å². The van der Waals surface area contributed by atoms with E-state index in [1.54, 1.807) is 4.68 Å². The highest BCUT2D eigenvalue weighted by Gasteiger charge is 2.44. The Morgan fingerprint density at radius 2 is 2.20 bits per heavy atom. The minimum absolute atomic E-state index is 0.586. The van der Waals surface area contributed by atoms with Gasteiger partial charge in [-0.2, -0.15) is 0 Å². The number of carboxylic acid groups (broad SMARTS) is 1. The molecule has 1 atom stereocenters. The molecule has 1 saturated heterocycles. The van der Waals surface area contributed by atoms with Gasteiger partial charge in [0.2, 0.25) is 0 Å². The number of hydrogen-bond acceptors (Lipinski definition) is 5. The second-order valence-electron chi connectivity index (χ2n) is 5.61. The minimum Gasteiger partial charge on any atom is -0.481 e. The summed E-state index contributed by atoms with van der Waals surface area (Å²) in [6.45, 7) is 6.94. The van der Waals surface area contributed by atoms with Gasteiger partial charge in [0.05, 0.1) is 12.0 Å². The van der Waals surface area contributed by atoms with Crippen molar-refractivity contribution in [3.05, 3.63) is 5.82 Å². The number of rotatable bonds is 7. The van der Waals surface area contributed by atoms with E-state index < -0.39 is 11.4 Å².